The summed E-state index contributed by atoms with van der Waals surface area (Å²) in [4.78, 5) is 11.0. The smallest absolute Gasteiger partial charge is 0.347 e. The number of hydrogen-bond donors (Lipinski definition) is 1. The van der Waals surface area contributed by atoms with Crippen molar-refractivity contribution >= 4 is 22.0 Å². The molecular weight excluding hydrogens is 212 g/mol. The summed E-state index contributed by atoms with van der Waals surface area (Å²) in [5, 5.41) is 10.6. The Morgan fingerprint density at radius 1 is 1.27 bits per heavy atom. The number of rotatable bonds is 2. The fourth-order valence-corrected chi connectivity index (χ4v) is 2.18. The maximum atomic E-state index is 10.6. The first-order chi connectivity index (χ1) is 7.18. The van der Waals surface area contributed by atoms with Gasteiger partial charge in [0.05, 0.1) is 4.92 Å². The van der Waals surface area contributed by atoms with Crippen LogP contribution in [0, 0.1) is 10.1 Å². The molecule has 1 heterocycles. The second-order valence-corrected chi connectivity index (χ2v) is 4.02. The second kappa shape index (κ2) is 3.70. The predicted molar refractivity (Wildman–Crippen MR) is 60.8 cm³/mol. The largest absolute Gasteiger partial charge is 0.392 e. The van der Waals surface area contributed by atoms with Crippen LogP contribution in [-0.4, -0.2) is 4.92 Å². The molecule has 0 saturated heterocycles. The van der Waals surface area contributed by atoms with E-state index in [-0.39, 0.29) is 10.7 Å². The van der Waals surface area contributed by atoms with Crippen LogP contribution in [0.5, 0.6) is 0 Å². The number of benzene rings is 1. The Hall–Kier alpha value is -1.88. The summed E-state index contributed by atoms with van der Waals surface area (Å²) in [6.45, 7) is 0. The minimum absolute atomic E-state index is 0.00820. The molecule has 0 aliphatic rings. The van der Waals surface area contributed by atoms with E-state index in [0.717, 1.165) is 21.8 Å². The number of nitrogens with zero attached hydrogens (tertiary/aromatic N) is 1. The monoisotopic (exact) mass is 220 g/mol. The SMILES string of the molecule is Nc1cc(-c2ccccc2)sc1[N+](=O)[O-]. The first-order valence-electron chi connectivity index (χ1n) is 4.27. The van der Waals surface area contributed by atoms with E-state index in [4.69, 9.17) is 5.73 Å². The van der Waals surface area contributed by atoms with Gasteiger partial charge in [-0.05, 0) is 11.6 Å². The van der Waals surface area contributed by atoms with Gasteiger partial charge in [-0.15, -0.1) is 0 Å². The van der Waals surface area contributed by atoms with Gasteiger partial charge in [-0.1, -0.05) is 41.7 Å². The molecule has 0 aliphatic heterocycles. The standard InChI is InChI=1S/C10H8N2O2S/c11-8-6-9(15-10(8)12(13)14)7-4-2-1-3-5-7/h1-6H,11H2. The molecule has 2 aromatic rings. The van der Waals surface area contributed by atoms with Crippen LogP contribution in [0.4, 0.5) is 10.7 Å². The van der Waals surface area contributed by atoms with E-state index in [1.54, 1.807) is 6.07 Å². The summed E-state index contributed by atoms with van der Waals surface area (Å²) in [5.41, 5.74) is 6.72. The highest BCUT2D eigenvalue weighted by atomic mass is 32.1. The Morgan fingerprint density at radius 3 is 2.47 bits per heavy atom. The third kappa shape index (κ3) is 1.82. The number of nitro groups is 1. The van der Waals surface area contributed by atoms with Crippen LogP contribution in [0.15, 0.2) is 36.4 Å². The molecule has 2 N–H and O–H groups in total. The molecule has 1 aromatic heterocycles. The van der Waals surface area contributed by atoms with Crippen LogP contribution >= 0.6 is 11.3 Å². The van der Waals surface area contributed by atoms with Gasteiger partial charge in [-0.2, -0.15) is 0 Å². The van der Waals surface area contributed by atoms with Crippen LogP contribution in [0.2, 0.25) is 0 Å². The van der Waals surface area contributed by atoms with E-state index in [2.05, 4.69) is 0 Å². The van der Waals surface area contributed by atoms with Crippen LogP contribution in [-0.2, 0) is 0 Å². The molecule has 5 heteroatoms. The lowest BCUT2D eigenvalue weighted by Gasteiger charge is -1.92. The molecule has 76 valence electrons. The van der Waals surface area contributed by atoms with E-state index >= 15 is 0 Å². The molecule has 0 fully saturated rings. The summed E-state index contributed by atoms with van der Waals surface area (Å²) in [5.74, 6) is 0. The first-order valence-corrected chi connectivity index (χ1v) is 5.09. The fourth-order valence-electron chi connectivity index (χ4n) is 1.28. The van der Waals surface area contributed by atoms with Crippen molar-refractivity contribution in [2.24, 2.45) is 0 Å². The topological polar surface area (TPSA) is 69.2 Å². The van der Waals surface area contributed by atoms with Crippen molar-refractivity contribution in [2.75, 3.05) is 5.73 Å². The number of nitrogen functional groups attached to an aromatic ring is 1. The van der Waals surface area contributed by atoms with Crippen LogP contribution in [0.3, 0.4) is 0 Å². The van der Waals surface area contributed by atoms with Gasteiger partial charge in [0.25, 0.3) is 0 Å². The highest BCUT2D eigenvalue weighted by Crippen LogP contribution is 2.38. The maximum absolute atomic E-state index is 10.6. The van der Waals surface area contributed by atoms with Crippen LogP contribution < -0.4 is 5.73 Å². The highest BCUT2D eigenvalue weighted by Gasteiger charge is 2.16. The molecule has 4 nitrogen and oxygen atoms in total. The summed E-state index contributed by atoms with van der Waals surface area (Å²) in [6, 6.07) is 11.1. The molecule has 0 saturated carbocycles. The number of anilines is 1. The number of hydrogen-bond acceptors (Lipinski definition) is 4. The summed E-state index contributed by atoms with van der Waals surface area (Å²) >= 11 is 1.10. The Morgan fingerprint density at radius 2 is 1.93 bits per heavy atom. The van der Waals surface area contributed by atoms with Crippen molar-refractivity contribution in [1.29, 1.82) is 0 Å². The van der Waals surface area contributed by atoms with Gasteiger partial charge in [-0.25, -0.2) is 0 Å². The summed E-state index contributed by atoms with van der Waals surface area (Å²) < 4.78 is 0. The van der Waals surface area contributed by atoms with E-state index in [9.17, 15) is 10.1 Å². The van der Waals surface area contributed by atoms with Gasteiger partial charge in [-0.3, -0.25) is 10.1 Å². The molecule has 1 aromatic carbocycles. The lowest BCUT2D eigenvalue weighted by molar-refractivity contribution is -0.379. The molecule has 0 atom stereocenters. The molecule has 0 amide bonds. The maximum Gasteiger partial charge on any atom is 0.347 e. The summed E-state index contributed by atoms with van der Waals surface area (Å²) in [7, 11) is 0. The Bertz CT molecular complexity index is 493. The first kappa shape index (κ1) is 9.67. The quantitative estimate of drug-likeness (QED) is 0.625. The van der Waals surface area contributed by atoms with Crippen molar-refractivity contribution in [3.63, 3.8) is 0 Å². The van der Waals surface area contributed by atoms with Gasteiger partial charge in [0.1, 0.15) is 5.69 Å². The van der Waals surface area contributed by atoms with Gasteiger partial charge in [0, 0.05) is 4.88 Å². The molecule has 15 heavy (non-hydrogen) atoms. The highest BCUT2D eigenvalue weighted by molar-refractivity contribution is 7.19. The lowest BCUT2D eigenvalue weighted by atomic mass is 10.2. The Kier molecular flexibility index (Phi) is 2.39. The molecule has 0 radical (unpaired) electrons. The van der Waals surface area contributed by atoms with E-state index in [0.29, 0.717) is 0 Å². The minimum Gasteiger partial charge on any atom is -0.392 e. The van der Waals surface area contributed by atoms with Gasteiger partial charge >= 0.3 is 5.00 Å². The lowest BCUT2D eigenvalue weighted by Crippen LogP contribution is -1.89. The molecule has 0 bridgehead atoms. The van der Waals surface area contributed by atoms with Crippen LogP contribution in [0.1, 0.15) is 0 Å². The van der Waals surface area contributed by atoms with Crippen molar-refractivity contribution in [1.82, 2.24) is 0 Å². The van der Waals surface area contributed by atoms with E-state index in [1.165, 1.54) is 0 Å². The third-order valence-corrected chi connectivity index (χ3v) is 3.12. The Balaban J connectivity index is 2.48. The van der Waals surface area contributed by atoms with E-state index in [1.807, 2.05) is 30.3 Å². The van der Waals surface area contributed by atoms with Crippen LogP contribution in [0.25, 0.3) is 10.4 Å². The van der Waals surface area contributed by atoms with E-state index < -0.39 is 4.92 Å². The predicted octanol–water partition coefficient (Wildman–Crippen LogP) is 2.91. The average molecular weight is 220 g/mol. The molecule has 0 spiro atoms. The van der Waals surface area contributed by atoms with Crippen molar-refractivity contribution in [3.8, 4) is 10.4 Å². The van der Waals surface area contributed by atoms with Crippen molar-refractivity contribution in [3.05, 3.63) is 46.5 Å². The fraction of sp³-hybridized carbons (Fsp3) is 0. The zero-order valence-electron chi connectivity index (χ0n) is 7.71. The van der Waals surface area contributed by atoms with Gasteiger partial charge < -0.3 is 5.73 Å². The molecular formula is C10H8N2O2S. The minimum atomic E-state index is -0.452. The Labute approximate surface area is 90.1 Å². The van der Waals surface area contributed by atoms with Gasteiger partial charge in [0.2, 0.25) is 0 Å². The molecule has 2 rings (SSSR count). The van der Waals surface area contributed by atoms with Crippen molar-refractivity contribution < 1.29 is 4.92 Å². The average Bonchev–Trinajstić information content (AvgIpc) is 2.62. The summed E-state index contributed by atoms with van der Waals surface area (Å²) in [6.07, 6.45) is 0. The third-order valence-electron chi connectivity index (χ3n) is 1.96. The zero-order chi connectivity index (χ0) is 10.8. The van der Waals surface area contributed by atoms with Crippen molar-refractivity contribution in [2.45, 2.75) is 0 Å². The molecule has 0 aliphatic carbocycles. The molecule has 0 unspecified atom stereocenters. The second-order valence-electron chi connectivity index (χ2n) is 2.99. The normalized spacial score (nSPS) is 10.1. The van der Waals surface area contributed by atoms with Gasteiger partial charge in [0.15, 0.2) is 0 Å². The number of thiophene rings is 1. The zero-order valence-corrected chi connectivity index (χ0v) is 8.53. The number of nitrogens with two attached hydrogens (primary N) is 1.